The molecule has 0 aromatic heterocycles. The molecule has 0 fully saturated rings. The normalized spacial score (nSPS) is 15.4. The van der Waals surface area contributed by atoms with Crippen LogP contribution in [0.2, 0.25) is 0 Å². The summed E-state index contributed by atoms with van der Waals surface area (Å²) in [5, 5.41) is 1.79. The molecule has 3 rings (SSSR count). The van der Waals surface area contributed by atoms with E-state index in [9.17, 15) is 44.7 Å². The molecular weight excluding hydrogens is 612 g/mol. The molecule has 0 aliphatic carbocycles. The lowest BCUT2D eigenvalue weighted by molar-refractivity contribution is -0.160. The van der Waals surface area contributed by atoms with Crippen molar-refractivity contribution in [1.29, 1.82) is 0 Å². The first-order valence-electron chi connectivity index (χ1n) is 13.0. The molecule has 2 amide bonds. The zero-order valence-electron chi connectivity index (χ0n) is 22.9. The van der Waals surface area contributed by atoms with Crippen LogP contribution in [0.5, 0.6) is 11.5 Å². The van der Waals surface area contributed by atoms with Crippen LogP contribution in [0.1, 0.15) is 44.6 Å². The smallest absolute Gasteiger partial charge is 0.408 e. The molecule has 0 radical (unpaired) electrons. The Labute approximate surface area is 247 Å². The van der Waals surface area contributed by atoms with E-state index in [4.69, 9.17) is 4.74 Å². The Morgan fingerprint density at radius 2 is 1.63 bits per heavy atom. The average Bonchev–Trinajstić information content (AvgIpc) is 2.93. The number of hydrogen-bond donors (Lipinski definition) is 2. The van der Waals surface area contributed by atoms with E-state index in [2.05, 4.69) is 9.46 Å². The minimum Gasteiger partial charge on any atom is -0.494 e. The van der Waals surface area contributed by atoms with Crippen molar-refractivity contribution < 1.29 is 54.2 Å². The van der Waals surface area contributed by atoms with Crippen LogP contribution < -0.4 is 19.5 Å². The summed E-state index contributed by atoms with van der Waals surface area (Å²) < 4.78 is 111. The summed E-state index contributed by atoms with van der Waals surface area (Å²) in [6.45, 7) is -0.845. The van der Waals surface area contributed by atoms with E-state index in [1.54, 1.807) is 12.2 Å². The fourth-order valence-electron chi connectivity index (χ4n) is 3.76. The zero-order valence-corrected chi connectivity index (χ0v) is 23.7. The highest BCUT2D eigenvalue weighted by molar-refractivity contribution is 7.97. The van der Waals surface area contributed by atoms with Gasteiger partial charge in [0.1, 0.15) is 23.1 Å². The summed E-state index contributed by atoms with van der Waals surface area (Å²) in [7, 11) is 0. The van der Waals surface area contributed by atoms with Gasteiger partial charge in [0.25, 0.3) is 11.8 Å². The molecule has 0 saturated heterocycles. The summed E-state index contributed by atoms with van der Waals surface area (Å²) in [5.41, 5.74) is -0.440. The Morgan fingerprint density at radius 3 is 2.19 bits per heavy atom. The van der Waals surface area contributed by atoms with Gasteiger partial charge in [-0.15, -0.1) is 0 Å². The lowest BCUT2D eigenvalue weighted by Crippen LogP contribution is -2.50. The predicted octanol–water partition coefficient (Wildman–Crippen LogP) is 7.46. The van der Waals surface area contributed by atoms with E-state index in [0.717, 1.165) is 29.8 Å². The highest BCUT2D eigenvalue weighted by Gasteiger charge is 2.45. The largest absolute Gasteiger partial charge is 0.494 e. The number of halogens is 8. The van der Waals surface area contributed by atoms with Crippen molar-refractivity contribution in [2.24, 2.45) is 0 Å². The Hall–Kier alpha value is -3.49. The number of nitrogens with one attached hydrogen (secondary N) is 2. The fourth-order valence-corrected chi connectivity index (χ4v) is 4.14. The van der Waals surface area contributed by atoms with Gasteiger partial charge in [0.05, 0.1) is 6.61 Å². The SMILES string of the molecule is CCSNC(=O)C1=C(c2ccc(OC(F)F)cc2)CC(C(F)(F)F)NC1=O.FC(F)(F)CCCCCOc1ccccc1. The van der Waals surface area contributed by atoms with Crippen LogP contribution in [0, 0.1) is 0 Å². The van der Waals surface area contributed by atoms with Gasteiger partial charge < -0.3 is 14.8 Å². The number of hydrogen-bond acceptors (Lipinski definition) is 5. The van der Waals surface area contributed by atoms with Gasteiger partial charge >= 0.3 is 19.0 Å². The van der Waals surface area contributed by atoms with Crippen LogP contribution in [-0.4, -0.2) is 49.2 Å². The topological polar surface area (TPSA) is 76.7 Å². The second-order valence-electron chi connectivity index (χ2n) is 8.98. The number of para-hydroxylation sites is 1. The summed E-state index contributed by atoms with van der Waals surface area (Å²) in [6, 6.07) is 11.8. The third kappa shape index (κ3) is 13.1. The molecule has 2 N–H and O–H groups in total. The first-order chi connectivity index (χ1) is 20.2. The molecule has 1 atom stereocenters. The van der Waals surface area contributed by atoms with E-state index in [-0.39, 0.29) is 23.3 Å². The molecule has 1 aliphatic rings. The number of carbonyl (C=O) groups excluding carboxylic acids is 2. The second-order valence-corrected chi connectivity index (χ2v) is 10.0. The molecule has 1 unspecified atom stereocenters. The minimum absolute atomic E-state index is 0.126. The Kier molecular flexibility index (Phi) is 14.1. The van der Waals surface area contributed by atoms with Crippen LogP contribution in [0.25, 0.3) is 5.57 Å². The first kappa shape index (κ1) is 35.7. The van der Waals surface area contributed by atoms with E-state index in [1.807, 2.05) is 30.3 Å². The molecule has 238 valence electrons. The third-order valence-corrected chi connectivity index (χ3v) is 6.34. The van der Waals surface area contributed by atoms with E-state index < -0.39 is 55.2 Å². The van der Waals surface area contributed by atoms with Gasteiger partial charge in [-0.3, -0.25) is 14.3 Å². The van der Waals surface area contributed by atoms with Gasteiger partial charge in [-0.1, -0.05) is 49.2 Å². The number of benzene rings is 2. The molecule has 0 spiro atoms. The highest BCUT2D eigenvalue weighted by atomic mass is 32.2. The third-order valence-electron chi connectivity index (χ3n) is 5.72. The van der Waals surface area contributed by atoms with Crippen molar-refractivity contribution >= 4 is 29.3 Å². The summed E-state index contributed by atoms with van der Waals surface area (Å²) in [5.74, 6) is -0.933. The zero-order chi connectivity index (χ0) is 32.0. The van der Waals surface area contributed by atoms with Gasteiger partial charge in [0.15, 0.2) is 0 Å². The molecule has 0 bridgehead atoms. The first-order valence-corrected chi connectivity index (χ1v) is 14.0. The molecule has 43 heavy (non-hydrogen) atoms. The molecule has 1 heterocycles. The van der Waals surface area contributed by atoms with Gasteiger partial charge in [-0.2, -0.15) is 35.1 Å². The number of amides is 2. The molecule has 1 aliphatic heterocycles. The summed E-state index contributed by atoms with van der Waals surface area (Å²) in [4.78, 5) is 24.5. The lowest BCUT2D eigenvalue weighted by atomic mass is 9.89. The molecule has 6 nitrogen and oxygen atoms in total. The van der Waals surface area contributed by atoms with Crippen LogP contribution in [-0.2, 0) is 9.59 Å². The minimum atomic E-state index is -4.71. The molecule has 0 saturated carbocycles. The lowest BCUT2D eigenvalue weighted by Gasteiger charge is -2.29. The monoisotopic (exact) mass is 642 g/mol. The number of rotatable bonds is 12. The molecule has 15 heteroatoms. The summed E-state index contributed by atoms with van der Waals surface area (Å²) in [6.07, 6.45) is -8.71. The number of ether oxygens (including phenoxy) is 2. The maximum absolute atomic E-state index is 13.1. The van der Waals surface area contributed by atoms with Crippen molar-refractivity contribution in [3.8, 4) is 11.5 Å². The quantitative estimate of drug-likeness (QED) is 0.109. The van der Waals surface area contributed by atoms with Crippen molar-refractivity contribution in [3.63, 3.8) is 0 Å². The molecule has 2 aromatic rings. The van der Waals surface area contributed by atoms with Gasteiger partial charge in [0, 0.05) is 18.6 Å². The van der Waals surface area contributed by atoms with Crippen LogP contribution in [0.15, 0.2) is 60.2 Å². The van der Waals surface area contributed by atoms with E-state index in [0.29, 0.717) is 25.2 Å². The van der Waals surface area contributed by atoms with Crippen molar-refractivity contribution in [1.82, 2.24) is 10.0 Å². The van der Waals surface area contributed by atoms with Gasteiger partial charge in [-0.25, -0.2) is 0 Å². The number of carbonyl (C=O) groups is 2. The fraction of sp³-hybridized carbons (Fsp3) is 0.429. The van der Waals surface area contributed by atoms with Crippen LogP contribution in [0.3, 0.4) is 0 Å². The van der Waals surface area contributed by atoms with Crippen molar-refractivity contribution in [2.45, 2.75) is 64.0 Å². The molecule has 2 aromatic carbocycles. The van der Waals surface area contributed by atoms with E-state index in [1.165, 1.54) is 12.1 Å². The second kappa shape index (κ2) is 17.0. The Morgan fingerprint density at radius 1 is 0.977 bits per heavy atom. The molecular formula is C28H30F8N2O4S. The van der Waals surface area contributed by atoms with Gasteiger partial charge in [0.2, 0.25) is 0 Å². The van der Waals surface area contributed by atoms with Crippen LogP contribution >= 0.6 is 11.9 Å². The van der Waals surface area contributed by atoms with E-state index >= 15 is 0 Å². The predicted molar refractivity (Wildman–Crippen MR) is 145 cm³/mol. The Balaban J connectivity index is 0.000000344. The number of alkyl halides is 8. The Bertz CT molecular complexity index is 1190. The van der Waals surface area contributed by atoms with Crippen LogP contribution in [0.4, 0.5) is 35.1 Å². The van der Waals surface area contributed by atoms with Gasteiger partial charge in [-0.05, 0) is 54.7 Å². The van der Waals surface area contributed by atoms with Crippen molar-refractivity contribution in [2.75, 3.05) is 12.4 Å². The summed E-state index contributed by atoms with van der Waals surface area (Å²) >= 11 is 0.985. The number of unbranched alkanes of at least 4 members (excludes halogenated alkanes) is 2. The average molecular weight is 643 g/mol. The maximum atomic E-state index is 13.1. The maximum Gasteiger partial charge on any atom is 0.408 e. The standard InChI is InChI=1S/C16H15F5N2O3S.C12H15F3O/c1-2-27-23-14(25)12-10(7-11(16(19,20)21)22-13(12)24)8-3-5-9(6-4-8)26-15(17)18;13-12(14,15)9-5-2-6-10-16-11-7-3-1-4-8-11/h3-6,11,15H,2,7H2,1H3,(H,22,24)(H,23,25);1,3-4,7-8H,2,5-6,9-10H2. The van der Waals surface area contributed by atoms with Crippen molar-refractivity contribution in [3.05, 3.63) is 65.7 Å². The highest BCUT2D eigenvalue weighted by Crippen LogP contribution is 2.35.